The van der Waals surface area contributed by atoms with Crippen LogP contribution in [0.25, 0.3) is 0 Å². The van der Waals surface area contributed by atoms with E-state index in [9.17, 15) is 14.7 Å². The van der Waals surface area contributed by atoms with Crippen LogP contribution in [0.2, 0.25) is 0 Å². The highest BCUT2D eigenvalue weighted by Gasteiger charge is 2.35. The minimum absolute atomic E-state index is 0.0234. The van der Waals surface area contributed by atoms with E-state index in [4.69, 9.17) is 18.9 Å². The fraction of sp³-hybridized carbons (Fsp3) is 0.500. The van der Waals surface area contributed by atoms with E-state index in [1.807, 2.05) is 0 Å². The van der Waals surface area contributed by atoms with E-state index in [-0.39, 0.29) is 41.1 Å². The normalized spacial score (nSPS) is 16.6. The smallest absolute Gasteiger partial charge is 0.352 e. The number of ether oxygens (including phenoxy) is 4. The van der Waals surface area contributed by atoms with Crippen LogP contribution in [0.3, 0.4) is 0 Å². The fourth-order valence-corrected chi connectivity index (χ4v) is 2.59. The second-order valence-corrected chi connectivity index (χ2v) is 4.76. The molecule has 0 aliphatic carbocycles. The zero-order valence-corrected chi connectivity index (χ0v) is 11.8. The highest BCUT2D eigenvalue weighted by atomic mass is 32.1. The molecule has 0 saturated heterocycles. The maximum absolute atomic E-state index is 11.8. The minimum atomic E-state index is -1.19. The van der Waals surface area contributed by atoms with Crippen LogP contribution >= 0.6 is 11.3 Å². The van der Waals surface area contributed by atoms with Crippen molar-refractivity contribution in [1.29, 1.82) is 0 Å². The van der Waals surface area contributed by atoms with E-state index in [0.29, 0.717) is 0 Å². The third-order valence-electron chi connectivity index (χ3n) is 2.37. The molecule has 1 unspecified atom stereocenters. The third-order valence-corrected chi connectivity index (χ3v) is 3.48. The molecule has 0 spiro atoms. The Morgan fingerprint density at radius 3 is 2.30 bits per heavy atom. The Morgan fingerprint density at radius 2 is 1.75 bits per heavy atom. The van der Waals surface area contributed by atoms with Crippen molar-refractivity contribution in [3.05, 3.63) is 9.75 Å². The Morgan fingerprint density at radius 1 is 1.20 bits per heavy atom. The van der Waals surface area contributed by atoms with Gasteiger partial charge in [-0.2, -0.15) is 0 Å². The molecule has 7 nitrogen and oxygen atoms in total. The van der Waals surface area contributed by atoms with Crippen molar-refractivity contribution in [2.24, 2.45) is 0 Å². The molecule has 0 saturated carbocycles. The van der Waals surface area contributed by atoms with E-state index in [1.165, 1.54) is 0 Å². The van der Waals surface area contributed by atoms with Gasteiger partial charge in [0, 0.05) is 0 Å². The van der Waals surface area contributed by atoms with Gasteiger partial charge in [-0.05, 0) is 13.8 Å². The molecule has 1 aromatic rings. The van der Waals surface area contributed by atoms with Gasteiger partial charge in [0.1, 0.15) is 0 Å². The molecule has 20 heavy (non-hydrogen) atoms. The van der Waals surface area contributed by atoms with Gasteiger partial charge >= 0.3 is 11.9 Å². The molecule has 110 valence electrons. The Bertz CT molecular complexity index is 522. The molecule has 0 fully saturated rings. The minimum Gasteiger partial charge on any atom is -0.481 e. The molecule has 0 bridgehead atoms. The van der Waals surface area contributed by atoms with Gasteiger partial charge < -0.3 is 24.1 Å². The summed E-state index contributed by atoms with van der Waals surface area (Å²) in [4.78, 5) is 23.9. The van der Waals surface area contributed by atoms with Crippen LogP contribution in [0, 0.1) is 0 Å². The Hall–Kier alpha value is -1.80. The molecule has 1 aromatic heterocycles. The lowest BCUT2D eigenvalue weighted by molar-refractivity contribution is -0.0672. The van der Waals surface area contributed by atoms with Gasteiger partial charge in [0.15, 0.2) is 27.9 Å². The maximum Gasteiger partial charge on any atom is 0.352 e. The van der Waals surface area contributed by atoms with Crippen LogP contribution in [-0.4, -0.2) is 43.2 Å². The lowest BCUT2D eigenvalue weighted by atomic mass is 10.3. The lowest BCUT2D eigenvalue weighted by Gasteiger charge is -2.21. The molecule has 0 radical (unpaired) electrons. The quantitative estimate of drug-likeness (QED) is 0.835. The van der Waals surface area contributed by atoms with Gasteiger partial charge in [0.25, 0.3) is 0 Å². The van der Waals surface area contributed by atoms with Gasteiger partial charge in [0.05, 0.1) is 13.2 Å². The van der Waals surface area contributed by atoms with Gasteiger partial charge in [-0.15, -0.1) is 11.3 Å². The number of carbonyl (C=O) groups excluding carboxylic acids is 2. The molecule has 0 aromatic carbocycles. The molecule has 1 aliphatic heterocycles. The fourth-order valence-electron chi connectivity index (χ4n) is 1.63. The number of hydrogen-bond acceptors (Lipinski definition) is 8. The van der Waals surface area contributed by atoms with Crippen molar-refractivity contribution < 1.29 is 33.6 Å². The standard InChI is InChI=1S/C12H14O7S/c1-3-16-11(14)9-7-8(19-6(13)5-18-7)10(20-9)12(15)17-4-2/h6,13H,3-5H2,1-2H3. The number of hydrogen-bond donors (Lipinski definition) is 1. The Kier molecular flexibility index (Phi) is 4.46. The SMILES string of the molecule is CCOC(=O)c1sc(C(=O)OCC)c2c1OCC(O)O2. The summed E-state index contributed by atoms with van der Waals surface area (Å²) in [5.74, 6) is -1.11. The predicted molar refractivity (Wildman–Crippen MR) is 68.4 cm³/mol. The molecule has 1 atom stereocenters. The predicted octanol–water partition coefficient (Wildman–Crippen LogP) is 1.19. The molecule has 8 heteroatoms. The van der Waals surface area contributed by atoms with E-state index in [0.717, 1.165) is 11.3 Å². The number of carbonyl (C=O) groups is 2. The van der Waals surface area contributed by atoms with Gasteiger partial charge in [-0.25, -0.2) is 9.59 Å². The summed E-state index contributed by atoms with van der Waals surface area (Å²) in [7, 11) is 0. The molecule has 0 amide bonds. The summed E-state index contributed by atoms with van der Waals surface area (Å²) >= 11 is 0.863. The largest absolute Gasteiger partial charge is 0.481 e. The van der Waals surface area contributed by atoms with Crippen molar-refractivity contribution in [2.75, 3.05) is 19.8 Å². The van der Waals surface area contributed by atoms with Crippen molar-refractivity contribution in [3.63, 3.8) is 0 Å². The molecular weight excluding hydrogens is 288 g/mol. The topological polar surface area (TPSA) is 91.3 Å². The zero-order valence-electron chi connectivity index (χ0n) is 11.0. The highest BCUT2D eigenvalue weighted by Crippen LogP contribution is 2.45. The van der Waals surface area contributed by atoms with Crippen molar-refractivity contribution in [3.8, 4) is 11.5 Å². The molecule has 1 N–H and O–H groups in total. The summed E-state index contributed by atoms with van der Waals surface area (Å²) in [5.41, 5.74) is 0. The van der Waals surface area contributed by atoms with Crippen molar-refractivity contribution in [1.82, 2.24) is 0 Å². The number of aliphatic hydroxyl groups is 1. The van der Waals surface area contributed by atoms with Gasteiger partial charge in [-0.1, -0.05) is 0 Å². The maximum atomic E-state index is 11.8. The number of aliphatic hydroxyl groups excluding tert-OH is 1. The van der Waals surface area contributed by atoms with Crippen LogP contribution in [0.15, 0.2) is 0 Å². The first-order chi connectivity index (χ1) is 9.58. The average molecular weight is 302 g/mol. The molecule has 2 rings (SSSR count). The van der Waals surface area contributed by atoms with Crippen molar-refractivity contribution in [2.45, 2.75) is 20.1 Å². The Balaban J connectivity index is 2.42. The second kappa shape index (κ2) is 6.10. The summed E-state index contributed by atoms with van der Waals surface area (Å²) in [5, 5.41) is 9.43. The zero-order chi connectivity index (χ0) is 14.7. The van der Waals surface area contributed by atoms with Crippen LogP contribution < -0.4 is 9.47 Å². The highest BCUT2D eigenvalue weighted by molar-refractivity contribution is 7.16. The molecular formula is C12H14O7S. The van der Waals surface area contributed by atoms with Crippen molar-refractivity contribution >= 4 is 23.3 Å². The summed E-state index contributed by atoms with van der Waals surface area (Å²) in [6, 6.07) is 0. The van der Waals surface area contributed by atoms with Crippen LogP contribution in [0.4, 0.5) is 0 Å². The van der Waals surface area contributed by atoms with Gasteiger partial charge in [-0.3, -0.25) is 0 Å². The lowest BCUT2D eigenvalue weighted by Crippen LogP contribution is -2.29. The summed E-state index contributed by atoms with van der Waals surface area (Å²) < 4.78 is 20.2. The van der Waals surface area contributed by atoms with Crippen LogP contribution in [0.1, 0.15) is 33.2 Å². The van der Waals surface area contributed by atoms with E-state index in [1.54, 1.807) is 13.8 Å². The van der Waals surface area contributed by atoms with E-state index < -0.39 is 18.2 Å². The Labute approximate surface area is 119 Å². The first-order valence-corrected chi connectivity index (χ1v) is 6.88. The summed E-state index contributed by atoms with van der Waals surface area (Å²) in [6.45, 7) is 3.59. The second-order valence-electron chi connectivity index (χ2n) is 3.74. The third kappa shape index (κ3) is 2.70. The first-order valence-electron chi connectivity index (χ1n) is 6.07. The van der Waals surface area contributed by atoms with E-state index in [2.05, 4.69) is 0 Å². The number of thiophene rings is 1. The van der Waals surface area contributed by atoms with Crippen LogP contribution in [-0.2, 0) is 9.47 Å². The molecule has 1 aliphatic rings. The van der Waals surface area contributed by atoms with Crippen LogP contribution in [0.5, 0.6) is 11.5 Å². The van der Waals surface area contributed by atoms with Gasteiger partial charge in [0.2, 0.25) is 6.29 Å². The summed E-state index contributed by atoms with van der Waals surface area (Å²) in [6.07, 6.45) is -1.19. The number of esters is 2. The first kappa shape index (κ1) is 14.6. The average Bonchev–Trinajstić information content (AvgIpc) is 2.78. The van der Waals surface area contributed by atoms with E-state index >= 15 is 0 Å². The monoisotopic (exact) mass is 302 g/mol. The number of rotatable bonds is 4. The number of fused-ring (bicyclic) bond motifs is 1. The molecule has 2 heterocycles.